The number of thiazole rings is 1. The van der Waals surface area contributed by atoms with Crippen molar-refractivity contribution < 1.29 is 4.79 Å². The minimum Gasteiger partial charge on any atom is -0.359 e. The van der Waals surface area contributed by atoms with E-state index >= 15 is 0 Å². The topological polar surface area (TPSA) is 59.8 Å². The molecule has 1 N–H and O–H groups in total. The zero-order chi connectivity index (χ0) is 12.4. The molecule has 5 nitrogen and oxygen atoms in total. The highest BCUT2D eigenvalue weighted by Crippen LogP contribution is 2.23. The third-order valence-electron chi connectivity index (χ3n) is 2.14. The molecule has 0 saturated heterocycles. The van der Waals surface area contributed by atoms with Gasteiger partial charge in [-0.05, 0) is 20.8 Å². The lowest BCUT2D eigenvalue weighted by Gasteiger charge is -2.04. The maximum Gasteiger partial charge on any atom is 0.275 e. The Balaban J connectivity index is 2.27. The van der Waals surface area contributed by atoms with E-state index in [4.69, 9.17) is 0 Å². The molecule has 0 bridgehead atoms. The summed E-state index contributed by atoms with van der Waals surface area (Å²) in [6.07, 6.45) is 4.72. The maximum absolute atomic E-state index is 12.1. The first-order chi connectivity index (χ1) is 8.08. The van der Waals surface area contributed by atoms with E-state index in [-0.39, 0.29) is 5.91 Å². The summed E-state index contributed by atoms with van der Waals surface area (Å²) in [4.78, 5) is 20.9. The van der Waals surface area contributed by atoms with Crippen LogP contribution in [0.25, 0.3) is 0 Å². The molecule has 0 aliphatic carbocycles. The molecular formula is C11H14N4OS. The highest BCUT2D eigenvalue weighted by atomic mass is 32.1. The summed E-state index contributed by atoms with van der Waals surface area (Å²) in [6, 6.07) is 0.303. The minimum absolute atomic E-state index is 0.0886. The molecule has 0 saturated carbocycles. The molecule has 2 rings (SSSR count). The molecule has 6 heteroatoms. The molecule has 0 spiro atoms. The first-order valence-electron chi connectivity index (χ1n) is 5.34. The van der Waals surface area contributed by atoms with Crippen molar-refractivity contribution in [2.75, 3.05) is 5.32 Å². The molecule has 0 aliphatic rings. The number of anilines is 1. The van der Waals surface area contributed by atoms with Crippen LogP contribution in [0.2, 0.25) is 0 Å². The number of hydrogen-bond acceptors (Lipinski definition) is 5. The van der Waals surface area contributed by atoms with Crippen LogP contribution in [0.5, 0.6) is 0 Å². The van der Waals surface area contributed by atoms with Crippen molar-refractivity contribution >= 4 is 22.4 Å². The normalized spacial score (nSPS) is 10.8. The van der Waals surface area contributed by atoms with Crippen LogP contribution in [-0.4, -0.2) is 26.5 Å². The lowest BCUT2D eigenvalue weighted by atomic mass is 10.4. The average molecular weight is 250 g/mol. The summed E-state index contributed by atoms with van der Waals surface area (Å²) < 4.78 is 1.46. The van der Waals surface area contributed by atoms with E-state index < -0.39 is 0 Å². The van der Waals surface area contributed by atoms with E-state index in [1.165, 1.54) is 22.2 Å². The monoisotopic (exact) mass is 250 g/mol. The van der Waals surface area contributed by atoms with Gasteiger partial charge in [-0.15, -0.1) is 0 Å². The Kier molecular flexibility index (Phi) is 3.23. The summed E-state index contributed by atoms with van der Waals surface area (Å²) in [7, 11) is 0. The van der Waals surface area contributed by atoms with Crippen molar-refractivity contribution in [1.82, 2.24) is 14.5 Å². The number of hydrogen-bond donors (Lipinski definition) is 1. The number of nitrogens with one attached hydrogen (secondary N) is 1. The Labute approximate surface area is 104 Å². The lowest BCUT2D eigenvalue weighted by Crippen LogP contribution is -2.09. The van der Waals surface area contributed by atoms with E-state index in [0.29, 0.717) is 10.9 Å². The Morgan fingerprint density at radius 2 is 2.29 bits per heavy atom. The Morgan fingerprint density at radius 3 is 2.88 bits per heavy atom. The van der Waals surface area contributed by atoms with Gasteiger partial charge >= 0.3 is 0 Å². The van der Waals surface area contributed by atoms with Crippen molar-refractivity contribution in [3.05, 3.63) is 29.3 Å². The second-order valence-corrected chi connectivity index (χ2v) is 5.01. The highest BCUT2D eigenvalue weighted by molar-refractivity contribution is 7.17. The molecule has 0 aliphatic heterocycles. The Morgan fingerprint density at radius 1 is 1.53 bits per heavy atom. The molecule has 2 aromatic heterocycles. The van der Waals surface area contributed by atoms with Gasteiger partial charge in [-0.25, -0.2) is 9.97 Å². The lowest BCUT2D eigenvalue weighted by molar-refractivity contribution is 0.0963. The number of imidazole rings is 1. The van der Waals surface area contributed by atoms with E-state index in [0.717, 1.165) is 10.8 Å². The Bertz CT molecular complexity index is 516. The van der Waals surface area contributed by atoms with Gasteiger partial charge in [0.25, 0.3) is 5.91 Å². The SMILES string of the molecule is Cc1nc(NC(C)C)sc1C(=O)n1ccnc1. The second-order valence-electron chi connectivity index (χ2n) is 4.01. The first-order valence-corrected chi connectivity index (χ1v) is 6.16. The molecule has 2 aromatic rings. The molecule has 0 radical (unpaired) electrons. The summed E-state index contributed by atoms with van der Waals surface area (Å²) in [5.74, 6) is -0.0886. The van der Waals surface area contributed by atoms with Crippen LogP contribution >= 0.6 is 11.3 Å². The number of rotatable bonds is 3. The summed E-state index contributed by atoms with van der Waals surface area (Å²) in [6.45, 7) is 5.91. The van der Waals surface area contributed by atoms with E-state index in [1.807, 2.05) is 20.8 Å². The van der Waals surface area contributed by atoms with Gasteiger partial charge < -0.3 is 5.32 Å². The van der Waals surface area contributed by atoms with Crippen molar-refractivity contribution in [3.63, 3.8) is 0 Å². The van der Waals surface area contributed by atoms with Crippen molar-refractivity contribution in [3.8, 4) is 0 Å². The largest absolute Gasteiger partial charge is 0.359 e. The van der Waals surface area contributed by atoms with Crippen molar-refractivity contribution in [2.24, 2.45) is 0 Å². The molecule has 0 aromatic carbocycles. The van der Waals surface area contributed by atoms with Gasteiger partial charge in [0.05, 0.1) is 5.69 Å². The van der Waals surface area contributed by atoms with Crippen molar-refractivity contribution in [1.29, 1.82) is 0 Å². The van der Waals surface area contributed by atoms with Gasteiger partial charge in [0.2, 0.25) is 0 Å². The van der Waals surface area contributed by atoms with Crippen LogP contribution in [-0.2, 0) is 0 Å². The van der Waals surface area contributed by atoms with Gasteiger partial charge in [0.1, 0.15) is 11.2 Å². The molecule has 0 fully saturated rings. The van der Waals surface area contributed by atoms with Gasteiger partial charge in [-0.3, -0.25) is 9.36 Å². The van der Waals surface area contributed by atoms with Crippen LogP contribution < -0.4 is 5.32 Å². The zero-order valence-electron chi connectivity index (χ0n) is 9.97. The minimum atomic E-state index is -0.0886. The highest BCUT2D eigenvalue weighted by Gasteiger charge is 2.16. The van der Waals surface area contributed by atoms with Gasteiger partial charge in [-0.1, -0.05) is 11.3 Å². The number of nitrogens with zero attached hydrogens (tertiary/aromatic N) is 3. The Hall–Kier alpha value is -1.69. The van der Waals surface area contributed by atoms with E-state index in [9.17, 15) is 4.79 Å². The number of aryl methyl sites for hydroxylation is 1. The average Bonchev–Trinajstić information content (AvgIpc) is 2.85. The van der Waals surface area contributed by atoms with E-state index in [2.05, 4.69) is 15.3 Å². The number of carbonyl (C=O) groups excluding carboxylic acids is 1. The van der Waals surface area contributed by atoms with Crippen LogP contribution in [0.3, 0.4) is 0 Å². The second kappa shape index (κ2) is 4.67. The third-order valence-corrected chi connectivity index (χ3v) is 3.22. The van der Waals surface area contributed by atoms with Crippen LogP contribution in [0, 0.1) is 6.92 Å². The molecule has 0 unspecified atom stereocenters. The molecule has 0 atom stereocenters. The standard InChI is InChI=1S/C11H14N4OS/c1-7(2)13-11-14-8(3)9(17-11)10(16)15-5-4-12-6-15/h4-7H,1-3H3,(H,13,14). The molecule has 17 heavy (non-hydrogen) atoms. The molecule has 90 valence electrons. The zero-order valence-corrected chi connectivity index (χ0v) is 10.8. The predicted octanol–water partition coefficient (Wildman–Crippen LogP) is 2.16. The fraction of sp³-hybridized carbons (Fsp3) is 0.364. The predicted molar refractivity (Wildman–Crippen MR) is 67.6 cm³/mol. The molecule has 2 heterocycles. The fourth-order valence-corrected chi connectivity index (χ4v) is 2.46. The number of aromatic nitrogens is 3. The fourth-order valence-electron chi connectivity index (χ4n) is 1.40. The quantitative estimate of drug-likeness (QED) is 0.906. The van der Waals surface area contributed by atoms with Crippen LogP contribution in [0.4, 0.5) is 5.13 Å². The first kappa shape index (κ1) is 11.8. The summed E-state index contributed by atoms with van der Waals surface area (Å²) in [5.41, 5.74) is 0.747. The van der Waals surface area contributed by atoms with Crippen molar-refractivity contribution in [2.45, 2.75) is 26.8 Å². The summed E-state index contributed by atoms with van der Waals surface area (Å²) in [5, 5.41) is 3.98. The molecule has 0 amide bonds. The smallest absolute Gasteiger partial charge is 0.275 e. The van der Waals surface area contributed by atoms with Crippen LogP contribution in [0.15, 0.2) is 18.7 Å². The van der Waals surface area contributed by atoms with Gasteiger partial charge in [0.15, 0.2) is 5.13 Å². The third kappa shape index (κ3) is 2.52. The van der Waals surface area contributed by atoms with E-state index in [1.54, 1.807) is 12.4 Å². The molecular weight excluding hydrogens is 236 g/mol. The van der Waals surface area contributed by atoms with Crippen LogP contribution in [0.1, 0.15) is 29.2 Å². The summed E-state index contributed by atoms with van der Waals surface area (Å²) >= 11 is 1.37. The maximum atomic E-state index is 12.1. The van der Waals surface area contributed by atoms with Gasteiger partial charge in [0, 0.05) is 18.4 Å². The van der Waals surface area contributed by atoms with Gasteiger partial charge in [-0.2, -0.15) is 0 Å². The number of carbonyl (C=O) groups is 1.